The van der Waals surface area contributed by atoms with E-state index in [1.165, 1.54) is 0 Å². The molecule has 0 aliphatic rings. The molecule has 1 aromatic heterocycles. The second kappa shape index (κ2) is 6.80. The van der Waals surface area contributed by atoms with Crippen LogP contribution in [0.2, 0.25) is 0 Å². The molecule has 1 aromatic carbocycles. The van der Waals surface area contributed by atoms with Crippen LogP contribution in [0.1, 0.15) is 28.8 Å². The van der Waals surface area contributed by atoms with Crippen LogP contribution in [-0.4, -0.2) is 24.1 Å². The zero-order valence-corrected chi connectivity index (χ0v) is 11.7. The smallest absolute Gasteiger partial charge is 0.340 e. The Kier molecular flexibility index (Phi) is 4.82. The molecule has 0 bridgehead atoms. The summed E-state index contributed by atoms with van der Waals surface area (Å²) in [4.78, 5) is 15.2. The molecule has 1 heterocycles. The monoisotopic (exact) mass is 272 g/mol. The van der Waals surface area contributed by atoms with Crippen LogP contribution in [0, 0.1) is 6.92 Å². The predicted molar refractivity (Wildman–Crippen MR) is 80.8 cm³/mol. The Morgan fingerprint density at radius 3 is 3.10 bits per heavy atom. The SMILES string of the molecule is C=CNCCCCOC(=O)c1c[nH]c2cccc(C)c12. The topological polar surface area (TPSA) is 54.1 Å². The number of fused-ring (bicyclic) bond motifs is 1. The third-order valence-electron chi connectivity index (χ3n) is 3.23. The number of unbranched alkanes of at least 4 members (excludes halogenated alkanes) is 1. The molecule has 2 aromatic rings. The van der Waals surface area contributed by atoms with E-state index in [0.29, 0.717) is 12.2 Å². The number of benzene rings is 1. The standard InChI is InChI=1S/C16H20N2O2/c1-3-17-9-4-5-10-20-16(19)13-11-18-14-8-6-7-12(2)15(13)14/h3,6-8,11,17-18H,1,4-5,9-10H2,2H3. The van der Waals surface area contributed by atoms with E-state index in [9.17, 15) is 4.79 Å². The van der Waals surface area contributed by atoms with E-state index in [2.05, 4.69) is 16.9 Å². The van der Waals surface area contributed by atoms with Gasteiger partial charge in [0.1, 0.15) is 0 Å². The first-order valence-electron chi connectivity index (χ1n) is 6.82. The van der Waals surface area contributed by atoms with E-state index in [1.807, 2.05) is 25.1 Å². The fraction of sp³-hybridized carbons (Fsp3) is 0.312. The number of carbonyl (C=O) groups is 1. The number of aryl methyl sites for hydroxylation is 1. The minimum atomic E-state index is -0.262. The van der Waals surface area contributed by atoms with Crippen molar-refractivity contribution in [3.05, 3.63) is 48.3 Å². The van der Waals surface area contributed by atoms with Gasteiger partial charge in [0.15, 0.2) is 0 Å². The molecule has 2 rings (SSSR count). The maximum Gasteiger partial charge on any atom is 0.340 e. The summed E-state index contributed by atoms with van der Waals surface area (Å²) in [5.74, 6) is -0.262. The van der Waals surface area contributed by atoms with Crippen molar-refractivity contribution < 1.29 is 9.53 Å². The highest BCUT2D eigenvalue weighted by molar-refractivity contribution is 6.05. The number of nitrogens with one attached hydrogen (secondary N) is 2. The minimum absolute atomic E-state index is 0.262. The number of aromatic nitrogens is 1. The molecule has 4 nitrogen and oxygen atoms in total. The third-order valence-corrected chi connectivity index (χ3v) is 3.23. The number of esters is 1. The van der Waals surface area contributed by atoms with Gasteiger partial charge in [-0.05, 0) is 37.6 Å². The second-order valence-electron chi connectivity index (χ2n) is 4.70. The Balaban J connectivity index is 1.93. The quantitative estimate of drug-likeness (QED) is 0.601. The van der Waals surface area contributed by atoms with E-state index in [1.54, 1.807) is 12.4 Å². The van der Waals surface area contributed by atoms with Crippen LogP contribution in [0.3, 0.4) is 0 Å². The summed E-state index contributed by atoms with van der Waals surface area (Å²) >= 11 is 0. The molecule has 0 fully saturated rings. The summed E-state index contributed by atoms with van der Waals surface area (Å²) in [5, 5.41) is 3.96. The summed E-state index contributed by atoms with van der Waals surface area (Å²) in [6.07, 6.45) is 5.18. The molecule has 4 heteroatoms. The second-order valence-corrected chi connectivity index (χ2v) is 4.70. The van der Waals surface area contributed by atoms with Crippen molar-refractivity contribution in [1.82, 2.24) is 10.3 Å². The number of aromatic amines is 1. The first-order valence-corrected chi connectivity index (χ1v) is 6.82. The molecule has 2 N–H and O–H groups in total. The molecule has 0 spiro atoms. The maximum absolute atomic E-state index is 12.1. The van der Waals surface area contributed by atoms with Crippen molar-refractivity contribution in [2.24, 2.45) is 0 Å². The van der Waals surface area contributed by atoms with Crippen molar-refractivity contribution in [2.45, 2.75) is 19.8 Å². The number of hydrogen-bond donors (Lipinski definition) is 2. The van der Waals surface area contributed by atoms with Gasteiger partial charge in [-0.15, -0.1) is 0 Å². The molecule has 0 saturated heterocycles. The van der Waals surface area contributed by atoms with E-state index in [-0.39, 0.29) is 5.97 Å². The molecule has 0 aliphatic carbocycles. The number of H-pyrrole nitrogens is 1. The predicted octanol–water partition coefficient (Wildman–Crippen LogP) is 3.15. The van der Waals surface area contributed by atoms with E-state index < -0.39 is 0 Å². The van der Waals surface area contributed by atoms with E-state index in [4.69, 9.17) is 4.74 Å². The van der Waals surface area contributed by atoms with Crippen LogP contribution in [0.25, 0.3) is 10.9 Å². The molecule has 0 radical (unpaired) electrons. The van der Waals surface area contributed by atoms with Crippen molar-refractivity contribution in [3.63, 3.8) is 0 Å². The van der Waals surface area contributed by atoms with Gasteiger partial charge >= 0.3 is 5.97 Å². The number of hydrogen-bond acceptors (Lipinski definition) is 3. The Bertz CT molecular complexity index is 602. The zero-order chi connectivity index (χ0) is 14.4. The number of ether oxygens (including phenoxy) is 1. The lowest BCUT2D eigenvalue weighted by atomic mass is 10.1. The molecule has 0 unspecified atom stereocenters. The minimum Gasteiger partial charge on any atom is -0.462 e. The summed E-state index contributed by atoms with van der Waals surface area (Å²) in [5.41, 5.74) is 2.65. The molecule has 0 amide bonds. The van der Waals surface area contributed by atoms with Gasteiger partial charge in [0.25, 0.3) is 0 Å². The Labute approximate surface area is 118 Å². The highest BCUT2D eigenvalue weighted by Gasteiger charge is 2.14. The van der Waals surface area contributed by atoms with Crippen molar-refractivity contribution >= 4 is 16.9 Å². The molecule has 0 atom stereocenters. The van der Waals surface area contributed by atoms with Crippen LogP contribution in [0.15, 0.2) is 37.2 Å². The fourth-order valence-electron chi connectivity index (χ4n) is 2.20. The van der Waals surface area contributed by atoms with Crippen molar-refractivity contribution in [3.8, 4) is 0 Å². The average molecular weight is 272 g/mol. The Morgan fingerprint density at radius 2 is 2.30 bits per heavy atom. The van der Waals surface area contributed by atoms with Gasteiger partial charge < -0.3 is 15.0 Å². The molecule has 0 aliphatic heterocycles. The van der Waals surface area contributed by atoms with Crippen LogP contribution >= 0.6 is 0 Å². The number of rotatable bonds is 7. The molecular weight excluding hydrogens is 252 g/mol. The van der Waals surface area contributed by atoms with Gasteiger partial charge in [0.05, 0.1) is 12.2 Å². The van der Waals surface area contributed by atoms with E-state index in [0.717, 1.165) is 35.9 Å². The highest BCUT2D eigenvalue weighted by Crippen LogP contribution is 2.22. The zero-order valence-electron chi connectivity index (χ0n) is 11.7. The maximum atomic E-state index is 12.1. The van der Waals surface area contributed by atoms with E-state index >= 15 is 0 Å². The van der Waals surface area contributed by atoms with Gasteiger partial charge in [0, 0.05) is 23.6 Å². The van der Waals surface area contributed by atoms with Crippen LogP contribution in [0.4, 0.5) is 0 Å². The summed E-state index contributed by atoms with van der Waals surface area (Å²) < 4.78 is 5.32. The molecule has 106 valence electrons. The van der Waals surface area contributed by atoms with Crippen molar-refractivity contribution in [2.75, 3.05) is 13.2 Å². The molecule has 20 heavy (non-hydrogen) atoms. The van der Waals surface area contributed by atoms with Crippen molar-refractivity contribution in [1.29, 1.82) is 0 Å². The third kappa shape index (κ3) is 3.20. The summed E-state index contributed by atoms with van der Waals surface area (Å²) in [6.45, 7) is 6.87. The van der Waals surface area contributed by atoms with Crippen LogP contribution < -0.4 is 5.32 Å². The largest absolute Gasteiger partial charge is 0.462 e. The lowest BCUT2D eigenvalue weighted by molar-refractivity contribution is 0.0501. The van der Waals surface area contributed by atoms with Crippen LogP contribution in [-0.2, 0) is 4.74 Å². The van der Waals surface area contributed by atoms with Gasteiger partial charge in [-0.3, -0.25) is 0 Å². The first kappa shape index (κ1) is 14.2. The normalized spacial score (nSPS) is 10.4. The summed E-state index contributed by atoms with van der Waals surface area (Å²) in [7, 11) is 0. The number of carbonyl (C=O) groups excluding carboxylic acids is 1. The van der Waals surface area contributed by atoms with Crippen LogP contribution in [0.5, 0.6) is 0 Å². The van der Waals surface area contributed by atoms with Gasteiger partial charge in [-0.1, -0.05) is 18.7 Å². The molecule has 0 saturated carbocycles. The highest BCUT2D eigenvalue weighted by atomic mass is 16.5. The summed E-state index contributed by atoms with van der Waals surface area (Å²) in [6, 6.07) is 5.92. The first-order chi connectivity index (χ1) is 9.74. The average Bonchev–Trinajstić information content (AvgIpc) is 2.88. The Hall–Kier alpha value is -2.23. The van der Waals surface area contributed by atoms with Gasteiger partial charge in [-0.25, -0.2) is 4.79 Å². The molecular formula is C16H20N2O2. The fourth-order valence-corrected chi connectivity index (χ4v) is 2.20. The lowest BCUT2D eigenvalue weighted by Gasteiger charge is -2.05. The van der Waals surface area contributed by atoms with Gasteiger partial charge in [0.2, 0.25) is 0 Å². The Morgan fingerprint density at radius 1 is 1.45 bits per heavy atom. The van der Waals surface area contributed by atoms with Gasteiger partial charge in [-0.2, -0.15) is 0 Å². The lowest BCUT2D eigenvalue weighted by Crippen LogP contribution is -2.10.